The number of rotatable bonds is 6. The first-order valence-corrected chi connectivity index (χ1v) is 13.2. The number of thioether (sulfide) groups is 1. The maximum absolute atomic E-state index is 6.09. The molecule has 7 nitrogen and oxygen atoms in total. The third-order valence-electron chi connectivity index (χ3n) is 6.17. The molecule has 1 atom stereocenters. The molecule has 5 rings (SSSR count). The van der Waals surface area contributed by atoms with Gasteiger partial charge in [-0.05, 0) is 78.1 Å². The molecule has 3 aromatic rings. The summed E-state index contributed by atoms with van der Waals surface area (Å²) in [5, 5.41) is 7.11. The van der Waals surface area contributed by atoms with Crippen molar-refractivity contribution in [3.05, 3.63) is 39.7 Å². The van der Waals surface area contributed by atoms with E-state index in [1.165, 1.54) is 14.9 Å². The molecule has 0 amide bonds. The Hall–Kier alpha value is -1.59. The molecule has 2 aliphatic rings. The summed E-state index contributed by atoms with van der Waals surface area (Å²) < 4.78 is 3.47. The molecule has 31 heavy (non-hydrogen) atoms. The fourth-order valence-corrected chi connectivity index (χ4v) is 6.20. The Kier molecular flexibility index (Phi) is 6.51. The van der Waals surface area contributed by atoms with Crippen molar-refractivity contribution < 1.29 is 0 Å². The molecule has 0 radical (unpaired) electrons. The average molecular weight is 549 g/mol. The molecular weight excluding hydrogens is 521 g/mol. The summed E-state index contributed by atoms with van der Waals surface area (Å²) in [6.45, 7) is 0.701. The number of nitrogens with zero attached hydrogens (tertiary/aromatic N) is 4. The molecule has 1 aromatic carbocycles. The van der Waals surface area contributed by atoms with Gasteiger partial charge >= 0.3 is 0 Å². The van der Waals surface area contributed by atoms with Crippen molar-refractivity contribution >= 4 is 57.3 Å². The first-order valence-electron chi connectivity index (χ1n) is 11.0. The van der Waals surface area contributed by atoms with E-state index in [1.54, 1.807) is 0 Å². The molecule has 9 heteroatoms. The molecular formula is C22H28IN7S. The van der Waals surface area contributed by atoms with E-state index in [4.69, 9.17) is 20.7 Å². The minimum atomic E-state index is 0.327. The maximum Gasteiger partial charge on any atom is 0.227 e. The van der Waals surface area contributed by atoms with Gasteiger partial charge in [-0.2, -0.15) is 21.7 Å². The van der Waals surface area contributed by atoms with Gasteiger partial charge in [-0.25, -0.2) is 4.98 Å². The molecule has 1 unspecified atom stereocenters. The lowest BCUT2D eigenvalue weighted by Gasteiger charge is -2.27. The summed E-state index contributed by atoms with van der Waals surface area (Å²) in [7, 11) is 0. The Bertz CT molecular complexity index is 1040. The molecule has 1 aliphatic heterocycles. The first kappa shape index (κ1) is 21.3. The van der Waals surface area contributed by atoms with E-state index in [-0.39, 0.29) is 0 Å². The van der Waals surface area contributed by atoms with Crippen LogP contribution in [0.25, 0.3) is 11.2 Å². The lowest BCUT2D eigenvalue weighted by atomic mass is 9.92. The van der Waals surface area contributed by atoms with Gasteiger partial charge in [-0.15, -0.1) is 0 Å². The highest BCUT2D eigenvalue weighted by atomic mass is 127. The normalized spacial score (nSPS) is 23.9. The number of aromatic nitrogens is 4. The Morgan fingerprint density at radius 3 is 2.81 bits per heavy atom. The molecule has 164 valence electrons. The van der Waals surface area contributed by atoms with Gasteiger partial charge in [0.15, 0.2) is 17.0 Å². The predicted molar refractivity (Wildman–Crippen MR) is 137 cm³/mol. The van der Waals surface area contributed by atoms with Crippen molar-refractivity contribution in [1.82, 2.24) is 19.5 Å². The largest absolute Gasteiger partial charge is 0.364 e. The number of imidazole rings is 1. The zero-order valence-corrected chi connectivity index (χ0v) is 20.4. The monoisotopic (exact) mass is 549 g/mol. The number of nitrogens with two attached hydrogens (primary N) is 1. The van der Waals surface area contributed by atoms with Crippen LogP contribution in [-0.2, 0) is 6.54 Å². The highest BCUT2D eigenvalue weighted by Gasteiger charge is 2.24. The fourth-order valence-electron chi connectivity index (χ4n) is 4.39. The van der Waals surface area contributed by atoms with E-state index in [0.717, 1.165) is 54.8 Å². The second-order valence-electron chi connectivity index (χ2n) is 8.48. The molecule has 0 spiro atoms. The van der Waals surface area contributed by atoms with Crippen LogP contribution < -0.4 is 16.4 Å². The zero-order chi connectivity index (χ0) is 21.2. The molecule has 4 N–H and O–H groups in total. The molecule has 0 bridgehead atoms. The standard InChI is InChI=1S/C22H28IN7S/c23-15-3-1-2-14(10-15)11-25-20-19-21(30(13-26-19)18-8-9-31-12-18)29-22(28-20)27-17-6-4-16(24)5-7-17/h1-3,10,13,16-18H,4-9,11-12,24H2,(H2,25,27,28,29). The molecule has 3 heterocycles. The third kappa shape index (κ3) is 4.93. The SMILES string of the molecule is NC1CCC(Nc2nc(NCc3cccc(I)c3)c3ncn(C4CCSC4)c3n2)CC1. The van der Waals surface area contributed by atoms with Crippen molar-refractivity contribution in [3.8, 4) is 0 Å². The van der Waals surface area contributed by atoms with Gasteiger partial charge in [0.05, 0.1) is 6.33 Å². The second kappa shape index (κ2) is 9.50. The minimum Gasteiger partial charge on any atom is -0.364 e. The van der Waals surface area contributed by atoms with Gasteiger partial charge < -0.3 is 20.9 Å². The summed E-state index contributed by atoms with van der Waals surface area (Å²) >= 11 is 4.35. The first-order chi connectivity index (χ1) is 15.2. The molecule has 2 fully saturated rings. The smallest absolute Gasteiger partial charge is 0.227 e. The van der Waals surface area contributed by atoms with Gasteiger partial charge in [0.25, 0.3) is 0 Å². The Morgan fingerprint density at radius 2 is 2.03 bits per heavy atom. The molecule has 1 aliphatic carbocycles. The quantitative estimate of drug-likeness (QED) is 0.393. The van der Waals surface area contributed by atoms with Crippen molar-refractivity contribution in [2.24, 2.45) is 5.73 Å². The van der Waals surface area contributed by atoms with Crippen LogP contribution in [0.15, 0.2) is 30.6 Å². The van der Waals surface area contributed by atoms with Crippen LogP contribution in [0.5, 0.6) is 0 Å². The van der Waals surface area contributed by atoms with Crippen LogP contribution in [0.2, 0.25) is 0 Å². The van der Waals surface area contributed by atoms with Crippen LogP contribution in [0.1, 0.15) is 43.7 Å². The van der Waals surface area contributed by atoms with Gasteiger partial charge in [0.1, 0.15) is 0 Å². The van der Waals surface area contributed by atoms with Gasteiger partial charge in [-0.3, -0.25) is 0 Å². The van der Waals surface area contributed by atoms with Crippen LogP contribution in [0, 0.1) is 3.57 Å². The maximum atomic E-state index is 6.09. The Balaban J connectivity index is 1.45. The van der Waals surface area contributed by atoms with Gasteiger partial charge in [0, 0.05) is 34.0 Å². The molecule has 1 saturated heterocycles. The van der Waals surface area contributed by atoms with E-state index in [0.29, 0.717) is 30.6 Å². The van der Waals surface area contributed by atoms with Crippen molar-refractivity contribution in [1.29, 1.82) is 0 Å². The van der Waals surface area contributed by atoms with Crippen LogP contribution >= 0.6 is 34.4 Å². The molecule has 2 aromatic heterocycles. The van der Waals surface area contributed by atoms with E-state index < -0.39 is 0 Å². The summed E-state index contributed by atoms with van der Waals surface area (Å²) in [5.41, 5.74) is 9.08. The lowest BCUT2D eigenvalue weighted by molar-refractivity contribution is 0.410. The predicted octanol–water partition coefficient (Wildman–Crippen LogP) is 4.40. The van der Waals surface area contributed by atoms with E-state index in [2.05, 4.69) is 62.1 Å². The number of hydrogen-bond donors (Lipinski definition) is 3. The number of fused-ring (bicyclic) bond motifs is 1. The lowest BCUT2D eigenvalue weighted by Crippen LogP contribution is -2.33. The number of nitrogens with one attached hydrogen (secondary N) is 2. The Labute approximate surface area is 200 Å². The summed E-state index contributed by atoms with van der Waals surface area (Å²) in [6.07, 6.45) is 7.33. The minimum absolute atomic E-state index is 0.327. The van der Waals surface area contributed by atoms with E-state index >= 15 is 0 Å². The Morgan fingerprint density at radius 1 is 1.16 bits per heavy atom. The number of hydrogen-bond acceptors (Lipinski definition) is 7. The van der Waals surface area contributed by atoms with Gasteiger partial charge in [-0.1, -0.05) is 12.1 Å². The number of benzene rings is 1. The highest BCUT2D eigenvalue weighted by molar-refractivity contribution is 14.1. The van der Waals surface area contributed by atoms with Crippen molar-refractivity contribution in [3.63, 3.8) is 0 Å². The number of halogens is 1. The summed E-state index contributed by atoms with van der Waals surface area (Å²) in [6, 6.07) is 9.66. The molecule has 1 saturated carbocycles. The fraction of sp³-hybridized carbons (Fsp3) is 0.500. The van der Waals surface area contributed by atoms with Gasteiger partial charge in [0.2, 0.25) is 5.95 Å². The van der Waals surface area contributed by atoms with Crippen LogP contribution in [-0.4, -0.2) is 43.1 Å². The zero-order valence-electron chi connectivity index (χ0n) is 17.4. The van der Waals surface area contributed by atoms with E-state index in [9.17, 15) is 0 Å². The van der Waals surface area contributed by atoms with E-state index in [1.807, 2.05) is 18.1 Å². The van der Waals surface area contributed by atoms with Crippen LogP contribution in [0.4, 0.5) is 11.8 Å². The average Bonchev–Trinajstić information content (AvgIpc) is 3.43. The second-order valence-corrected chi connectivity index (χ2v) is 10.9. The van der Waals surface area contributed by atoms with Crippen LogP contribution in [0.3, 0.4) is 0 Å². The summed E-state index contributed by atoms with van der Waals surface area (Å²) in [4.78, 5) is 14.5. The highest BCUT2D eigenvalue weighted by Crippen LogP contribution is 2.32. The third-order valence-corrected chi connectivity index (χ3v) is 7.99. The van der Waals surface area contributed by atoms with Crippen molar-refractivity contribution in [2.45, 2.75) is 56.8 Å². The summed E-state index contributed by atoms with van der Waals surface area (Å²) in [5.74, 6) is 3.79. The van der Waals surface area contributed by atoms with Crippen molar-refractivity contribution in [2.75, 3.05) is 22.1 Å². The number of anilines is 2. The topological polar surface area (TPSA) is 93.7 Å².